The summed E-state index contributed by atoms with van der Waals surface area (Å²) in [6.07, 6.45) is -0.965. The smallest absolute Gasteiger partial charge is 0.237 e. The molecular weight excluding hydrogens is 161 g/mol. The van der Waals surface area contributed by atoms with Gasteiger partial charge < -0.3 is 10.6 Å². The number of alkyl halides is 1. The number of hydrogen-bond acceptors (Lipinski definition) is 3. The second-order valence-corrected chi connectivity index (χ2v) is 2.73. The largest absolute Gasteiger partial charge is 0.323 e. The predicted octanol–water partition coefficient (Wildman–Crippen LogP) is -0.592. The molecule has 0 bridgehead atoms. The van der Waals surface area contributed by atoms with Gasteiger partial charge in [0.15, 0.2) is 0 Å². The van der Waals surface area contributed by atoms with Gasteiger partial charge in [-0.05, 0) is 0 Å². The molecular formula is C7H10FN3O. The van der Waals surface area contributed by atoms with Crippen molar-refractivity contribution in [2.45, 2.75) is 18.6 Å². The highest BCUT2D eigenvalue weighted by atomic mass is 19.1. The maximum atomic E-state index is 12.7. The van der Waals surface area contributed by atoms with Gasteiger partial charge >= 0.3 is 0 Å². The van der Waals surface area contributed by atoms with Crippen LogP contribution < -0.4 is 5.73 Å². The number of nitriles is 1. The van der Waals surface area contributed by atoms with Gasteiger partial charge in [-0.15, -0.1) is 0 Å². The number of nitrogens with two attached hydrogens (primary N) is 1. The molecule has 1 saturated heterocycles. The number of carbonyl (C=O) groups excluding carboxylic acids is 1. The average molecular weight is 171 g/mol. The van der Waals surface area contributed by atoms with E-state index in [1.807, 2.05) is 6.07 Å². The van der Waals surface area contributed by atoms with Crippen LogP contribution in [-0.4, -0.2) is 36.1 Å². The number of carbonyl (C=O) groups is 1. The molecule has 1 aliphatic rings. The van der Waals surface area contributed by atoms with Crippen molar-refractivity contribution in [2.75, 3.05) is 13.1 Å². The van der Waals surface area contributed by atoms with E-state index in [2.05, 4.69) is 0 Å². The number of amides is 1. The second kappa shape index (κ2) is 3.50. The molecule has 1 fully saturated rings. The van der Waals surface area contributed by atoms with Crippen LogP contribution in [-0.2, 0) is 4.79 Å². The Balaban J connectivity index is 2.65. The zero-order valence-corrected chi connectivity index (χ0v) is 6.53. The zero-order chi connectivity index (χ0) is 9.14. The topological polar surface area (TPSA) is 70.1 Å². The lowest BCUT2D eigenvalue weighted by molar-refractivity contribution is -0.129. The summed E-state index contributed by atoms with van der Waals surface area (Å²) >= 11 is 0. The molecule has 2 N–H and O–H groups in total. The van der Waals surface area contributed by atoms with Gasteiger partial charge in [-0.3, -0.25) is 4.79 Å². The van der Waals surface area contributed by atoms with E-state index in [9.17, 15) is 9.18 Å². The van der Waals surface area contributed by atoms with E-state index in [1.54, 1.807) is 0 Å². The Bertz CT molecular complexity index is 225. The Kier molecular flexibility index (Phi) is 2.61. The Hall–Kier alpha value is -1.15. The van der Waals surface area contributed by atoms with Crippen molar-refractivity contribution in [1.82, 2.24) is 4.90 Å². The lowest BCUT2D eigenvalue weighted by Gasteiger charge is -2.17. The van der Waals surface area contributed by atoms with Crippen LogP contribution in [0.5, 0.6) is 0 Å². The molecule has 1 rings (SSSR count). The monoisotopic (exact) mass is 171 g/mol. The van der Waals surface area contributed by atoms with Crippen LogP contribution in [0, 0.1) is 11.3 Å². The molecule has 1 aliphatic heterocycles. The van der Waals surface area contributed by atoms with Crippen LogP contribution in [0.2, 0.25) is 0 Å². The second-order valence-electron chi connectivity index (χ2n) is 2.73. The fourth-order valence-electron chi connectivity index (χ4n) is 1.30. The first kappa shape index (κ1) is 8.94. The summed E-state index contributed by atoms with van der Waals surface area (Å²) in [5, 5.41) is 8.55. The van der Waals surface area contributed by atoms with Gasteiger partial charge in [-0.25, -0.2) is 4.39 Å². The third-order valence-corrected chi connectivity index (χ3v) is 1.89. The first-order valence-electron chi connectivity index (χ1n) is 3.72. The molecule has 0 spiro atoms. The molecule has 1 amide bonds. The van der Waals surface area contributed by atoms with Crippen LogP contribution in [0.1, 0.15) is 6.42 Å². The van der Waals surface area contributed by atoms with Crippen molar-refractivity contribution in [3.63, 3.8) is 0 Å². The van der Waals surface area contributed by atoms with Crippen LogP contribution in [0.25, 0.3) is 0 Å². The maximum absolute atomic E-state index is 12.7. The summed E-state index contributed by atoms with van der Waals surface area (Å²) in [7, 11) is 0. The van der Waals surface area contributed by atoms with E-state index in [4.69, 9.17) is 11.0 Å². The zero-order valence-electron chi connectivity index (χ0n) is 6.53. The quantitative estimate of drug-likeness (QED) is 0.573. The minimum absolute atomic E-state index is 0.00819. The van der Waals surface area contributed by atoms with Crippen LogP contribution in [0.3, 0.4) is 0 Å². The van der Waals surface area contributed by atoms with E-state index >= 15 is 0 Å². The van der Waals surface area contributed by atoms with E-state index in [1.165, 1.54) is 4.90 Å². The lowest BCUT2D eigenvalue weighted by Crippen LogP contribution is -2.39. The Morgan fingerprint density at radius 1 is 1.83 bits per heavy atom. The molecule has 1 heterocycles. The highest BCUT2D eigenvalue weighted by Gasteiger charge is 2.34. The molecule has 5 heteroatoms. The van der Waals surface area contributed by atoms with Crippen molar-refractivity contribution >= 4 is 5.91 Å². The van der Waals surface area contributed by atoms with E-state index < -0.39 is 12.2 Å². The number of nitrogens with zero attached hydrogens (tertiary/aromatic N) is 2. The van der Waals surface area contributed by atoms with Crippen molar-refractivity contribution < 1.29 is 9.18 Å². The molecule has 4 nitrogen and oxygen atoms in total. The van der Waals surface area contributed by atoms with Gasteiger partial charge in [0.1, 0.15) is 12.2 Å². The highest BCUT2D eigenvalue weighted by Crippen LogP contribution is 2.19. The van der Waals surface area contributed by atoms with Gasteiger partial charge in [0, 0.05) is 6.42 Å². The minimum Gasteiger partial charge on any atom is -0.323 e. The molecule has 66 valence electrons. The molecule has 0 aromatic heterocycles. The lowest BCUT2D eigenvalue weighted by atomic mass is 10.2. The van der Waals surface area contributed by atoms with Gasteiger partial charge in [-0.1, -0.05) is 0 Å². The molecule has 2 atom stereocenters. The predicted molar refractivity (Wildman–Crippen MR) is 39.7 cm³/mol. The maximum Gasteiger partial charge on any atom is 0.237 e. The Morgan fingerprint density at radius 2 is 2.50 bits per heavy atom. The van der Waals surface area contributed by atoms with Crippen molar-refractivity contribution in [3.05, 3.63) is 0 Å². The van der Waals surface area contributed by atoms with Crippen molar-refractivity contribution in [2.24, 2.45) is 5.73 Å². The van der Waals surface area contributed by atoms with Crippen LogP contribution in [0.15, 0.2) is 0 Å². The number of halogens is 1. The van der Waals surface area contributed by atoms with E-state index in [0.29, 0.717) is 0 Å². The fraction of sp³-hybridized carbons (Fsp3) is 0.714. The number of likely N-dealkylation sites (tertiary alicyclic amines) is 1. The molecule has 0 aromatic carbocycles. The van der Waals surface area contributed by atoms with Crippen molar-refractivity contribution in [3.8, 4) is 6.07 Å². The first-order valence-corrected chi connectivity index (χ1v) is 3.72. The summed E-state index contributed by atoms with van der Waals surface area (Å²) in [4.78, 5) is 12.2. The Morgan fingerprint density at radius 3 is 3.00 bits per heavy atom. The molecule has 0 saturated carbocycles. The van der Waals surface area contributed by atoms with Crippen molar-refractivity contribution in [1.29, 1.82) is 5.26 Å². The Labute approximate surface area is 69.7 Å². The third kappa shape index (κ3) is 1.53. The third-order valence-electron chi connectivity index (χ3n) is 1.89. The summed E-state index contributed by atoms with van der Waals surface area (Å²) in [6, 6.07) is 1.24. The standard InChI is InChI=1S/C7H10FN3O/c8-5-1-6(2-9)11(4-5)7(12)3-10/h5-6H,1,3-4,10H2/t5-,6-/m0/s1. The summed E-state index contributed by atoms with van der Waals surface area (Å²) in [5.41, 5.74) is 5.09. The normalized spacial score (nSPS) is 28.6. The molecule has 12 heavy (non-hydrogen) atoms. The average Bonchev–Trinajstić information content (AvgIpc) is 2.45. The van der Waals surface area contributed by atoms with Crippen LogP contribution in [0.4, 0.5) is 4.39 Å². The molecule has 0 aromatic rings. The van der Waals surface area contributed by atoms with Gasteiger partial charge in [-0.2, -0.15) is 5.26 Å². The molecule has 0 radical (unpaired) electrons. The van der Waals surface area contributed by atoms with Gasteiger partial charge in [0.25, 0.3) is 0 Å². The summed E-state index contributed by atoms with van der Waals surface area (Å²) < 4.78 is 12.7. The SMILES string of the molecule is N#C[C@@H]1C[C@H](F)CN1C(=O)CN. The summed E-state index contributed by atoms with van der Waals surface area (Å²) in [5.74, 6) is -0.360. The van der Waals surface area contributed by atoms with E-state index in [0.717, 1.165) is 0 Å². The number of rotatable bonds is 1. The van der Waals surface area contributed by atoms with Gasteiger partial charge in [0.05, 0.1) is 19.2 Å². The first-order chi connectivity index (χ1) is 5.69. The molecule has 0 aliphatic carbocycles. The number of hydrogen-bond donors (Lipinski definition) is 1. The molecule has 0 unspecified atom stereocenters. The van der Waals surface area contributed by atoms with Crippen LogP contribution >= 0.6 is 0 Å². The van der Waals surface area contributed by atoms with E-state index in [-0.39, 0.29) is 25.4 Å². The minimum atomic E-state index is -1.08. The summed E-state index contributed by atoms with van der Waals surface area (Å²) in [6.45, 7) is -0.154. The highest BCUT2D eigenvalue weighted by molar-refractivity contribution is 5.79. The fourth-order valence-corrected chi connectivity index (χ4v) is 1.30. The van der Waals surface area contributed by atoms with Gasteiger partial charge in [0.2, 0.25) is 5.91 Å².